The van der Waals surface area contributed by atoms with Crippen LogP contribution in [-0.4, -0.2) is 31.1 Å². The van der Waals surface area contributed by atoms with Gasteiger partial charge in [-0.2, -0.15) is 0 Å². The molecule has 0 saturated carbocycles. The predicted octanol–water partition coefficient (Wildman–Crippen LogP) is 5.10. The van der Waals surface area contributed by atoms with Crippen molar-refractivity contribution in [1.82, 2.24) is 4.90 Å². The minimum absolute atomic E-state index is 0.141. The molecule has 128 valence electrons. The van der Waals surface area contributed by atoms with Crippen LogP contribution in [0.2, 0.25) is 5.02 Å². The lowest BCUT2D eigenvalue weighted by Gasteiger charge is -2.32. The van der Waals surface area contributed by atoms with Crippen LogP contribution >= 0.6 is 11.6 Å². The highest BCUT2D eigenvalue weighted by Crippen LogP contribution is 2.34. The molecule has 3 heteroatoms. The van der Waals surface area contributed by atoms with Gasteiger partial charge < -0.3 is 9.64 Å². The summed E-state index contributed by atoms with van der Waals surface area (Å²) in [6, 6.07) is -5.74. The Morgan fingerprint density at radius 1 is 1.21 bits per heavy atom. The Kier molecular flexibility index (Phi) is 2.53. The summed E-state index contributed by atoms with van der Waals surface area (Å²) in [5.41, 5.74) is -2.70. The van der Waals surface area contributed by atoms with Crippen molar-refractivity contribution in [2.75, 3.05) is 20.1 Å². The second kappa shape index (κ2) is 7.69. The molecule has 0 spiro atoms. The molecule has 1 heterocycles. The third-order valence-corrected chi connectivity index (χ3v) is 4.46. The van der Waals surface area contributed by atoms with Gasteiger partial charge >= 0.3 is 0 Å². The van der Waals surface area contributed by atoms with E-state index < -0.39 is 72.0 Å². The monoisotopic (exact) mass is 355 g/mol. The normalized spacial score (nSPS) is 28.5. The zero-order chi connectivity index (χ0) is 27.3. The molecule has 2 aromatic carbocycles. The Balaban J connectivity index is 2.18. The maximum Gasteiger partial charge on any atom is 0.115 e. The molecule has 2 aromatic rings. The van der Waals surface area contributed by atoms with Crippen LogP contribution in [0.1, 0.15) is 53.8 Å². The van der Waals surface area contributed by atoms with Crippen LogP contribution in [0.3, 0.4) is 0 Å². The smallest absolute Gasteiger partial charge is 0.115 e. The number of hydrogen-bond acceptors (Lipinski definition) is 2. The minimum Gasteiger partial charge on any atom is -0.366 e. The van der Waals surface area contributed by atoms with E-state index in [1.807, 2.05) is 0 Å². The van der Waals surface area contributed by atoms with Crippen molar-refractivity contribution < 1.29 is 21.2 Å². The molecule has 0 amide bonds. The van der Waals surface area contributed by atoms with Crippen LogP contribution in [0.4, 0.5) is 0 Å². The third-order valence-electron chi connectivity index (χ3n) is 4.27. The molecule has 0 unspecified atom stereocenters. The summed E-state index contributed by atoms with van der Waals surface area (Å²) >= 11 is 5.97. The highest BCUT2D eigenvalue weighted by molar-refractivity contribution is 6.30. The van der Waals surface area contributed by atoms with Crippen molar-refractivity contribution in [3.8, 4) is 0 Å². The molecule has 0 aliphatic carbocycles. The molecule has 0 aromatic heterocycles. The lowest BCUT2D eigenvalue weighted by Crippen LogP contribution is -2.31. The van der Waals surface area contributed by atoms with E-state index in [1.165, 1.54) is 11.8 Å². The first-order valence-electron chi connectivity index (χ1n) is 13.8. The van der Waals surface area contributed by atoms with E-state index in [0.717, 1.165) is 0 Å². The van der Waals surface area contributed by atoms with E-state index >= 15 is 0 Å². The van der Waals surface area contributed by atoms with Crippen molar-refractivity contribution in [2.45, 2.75) is 37.8 Å². The minimum atomic E-state index is -2.30. The van der Waals surface area contributed by atoms with E-state index in [0.29, 0.717) is 19.4 Å². The van der Waals surface area contributed by atoms with E-state index in [1.54, 1.807) is 0 Å². The molecular weight excluding hydrogens is 318 g/mol. The summed E-state index contributed by atoms with van der Waals surface area (Å²) in [7, 11) is 0. The molecule has 0 radical (unpaired) electrons. The highest BCUT2D eigenvalue weighted by atomic mass is 35.5. The lowest BCUT2D eigenvalue weighted by molar-refractivity contribution is -0.0117. The Morgan fingerprint density at radius 3 is 2.62 bits per heavy atom. The van der Waals surface area contributed by atoms with Gasteiger partial charge in [-0.15, -0.1) is 0 Å². The summed E-state index contributed by atoms with van der Waals surface area (Å²) in [5, 5.41) is -0.420. The number of ether oxygens (including phenoxy) is 1. The summed E-state index contributed by atoms with van der Waals surface area (Å²) < 4.78 is 104. The van der Waals surface area contributed by atoms with Gasteiger partial charge in [0.05, 0.1) is 12.3 Å². The van der Waals surface area contributed by atoms with Crippen LogP contribution in [-0.2, 0) is 10.3 Å². The highest BCUT2D eigenvalue weighted by Gasteiger charge is 2.30. The molecule has 1 aliphatic heterocycles. The van der Waals surface area contributed by atoms with E-state index in [4.69, 9.17) is 32.8 Å². The fourth-order valence-corrected chi connectivity index (χ4v) is 2.92. The Hall–Kier alpha value is -1.35. The first-order valence-corrected chi connectivity index (χ1v) is 8.17. The van der Waals surface area contributed by atoms with Crippen molar-refractivity contribution in [1.29, 1.82) is 0 Å². The van der Waals surface area contributed by atoms with Crippen LogP contribution in [0.5, 0.6) is 0 Å². The van der Waals surface area contributed by atoms with Crippen molar-refractivity contribution >= 4 is 11.6 Å². The summed E-state index contributed by atoms with van der Waals surface area (Å²) in [6.45, 7) is -0.722. The van der Waals surface area contributed by atoms with E-state index in [2.05, 4.69) is 0 Å². The maximum atomic E-state index is 8.49. The second-order valence-corrected chi connectivity index (χ2v) is 6.23. The number of rotatable bonds is 6. The zero-order valence-corrected chi connectivity index (χ0v) is 14.1. The van der Waals surface area contributed by atoms with Gasteiger partial charge in [0.25, 0.3) is 0 Å². The standard InChI is InChI=1S/C21H26ClNO/c1-21(17-7-4-3-5-8-17,18-10-12-19(22)13-11-18)24-16-14-20-9-6-15-23(20)2/h3-5,7-8,10-13,20H,6,9,14-16H2,1-2H3/t20-,21-/m1/s1/i2D3,3D,4D,5D,7D,8D,10D,11D,12D,13D. The number of halogens is 1. The Morgan fingerprint density at radius 2 is 1.92 bits per heavy atom. The second-order valence-electron chi connectivity index (χ2n) is 5.85. The number of likely N-dealkylation sites (tertiary alicyclic amines) is 1. The molecule has 2 atom stereocenters. The quantitative estimate of drug-likeness (QED) is 0.714. The van der Waals surface area contributed by atoms with Crippen molar-refractivity contribution in [2.24, 2.45) is 0 Å². The van der Waals surface area contributed by atoms with Gasteiger partial charge in [-0.3, -0.25) is 0 Å². The van der Waals surface area contributed by atoms with Gasteiger partial charge in [-0.1, -0.05) is 53.9 Å². The van der Waals surface area contributed by atoms with Gasteiger partial charge in [0.1, 0.15) is 5.60 Å². The summed E-state index contributed by atoms with van der Waals surface area (Å²) in [5.74, 6) is 0. The number of nitrogens with zero attached hydrogens (tertiary/aromatic N) is 1. The first-order chi connectivity index (χ1) is 16.6. The van der Waals surface area contributed by atoms with Crippen molar-refractivity contribution in [3.05, 3.63) is 70.5 Å². The molecule has 1 fully saturated rings. The average Bonchev–Trinajstić information content (AvgIpc) is 3.28. The predicted molar refractivity (Wildman–Crippen MR) is 101 cm³/mol. The van der Waals surface area contributed by atoms with Gasteiger partial charge in [0.2, 0.25) is 0 Å². The molecule has 24 heavy (non-hydrogen) atoms. The molecule has 1 saturated heterocycles. The van der Waals surface area contributed by atoms with Gasteiger partial charge in [-0.25, -0.2) is 0 Å². The SMILES string of the molecule is [2H]c1c([2H])c([2H])c([C@@](C)(OCC[C@H]2CCCN2C([2H])([2H])[2H])c2c([2H])c([2H])c(Cl)c([2H])c2[2H])c([2H])c1[2H]. The Bertz CT molecular complexity index is 1060. The van der Waals surface area contributed by atoms with Crippen LogP contribution in [0, 0.1) is 0 Å². The molecule has 2 nitrogen and oxygen atoms in total. The Labute approximate surface area is 167 Å². The topological polar surface area (TPSA) is 12.5 Å². The number of benzene rings is 2. The summed E-state index contributed by atoms with van der Waals surface area (Å²) in [6.07, 6.45) is 1.51. The van der Waals surface area contributed by atoms with Gasteiger partial charge in [0, 0.05) is 21.8 Å². The first kappa shape index (κ1) is 7.90. The van der Waals surface area contributed by atoms with Crippen LogP contribution < -0.4 is 0 Å². The molecular formula is C21H26ClNO. The van der Waals surface area contributed by atoms with Gasteiger partial charge in [-0.05, 0) is 62.9 Å². The number of hydrogen-bond donors (Lipinski definition) is 0. The largest absolute Gasteiger partial charge is 0.366 e. The summed E-state index contributed by atoms with van der Waals surface area (Å²) in [4.78, 5) is 1.39. The third kappa shape index (κ3) is 3.83. The van der Waals surface area contributed by atoms with Crippen LogP contribution in [0.15, 0.2) is 54.4 Å². The van der Waals surface area contributed by atoms with Gasteiger partial charge in [0.15, 0.2) is 0 Å². The average molecular weight is 356 g/mol. The molecule has 3 rings (SSSR count). The molecule has 0 bridgehead atoms. The fourth-order valence-electron chi connectivity index (χ4n) is 2.83. The molecule has 0 N–H and O–H groups in total. The zero-order valence-electron chi connectivity index (χ0n) is 25.3. The van der Waals surface area contributed by atoms with E-state index in [-0.39, 0.29) is 30.2 Å². The van der Waals surface area contributed by atoms with E-state index in [9.17, 15) is 0 Å². The lowest BCUT2D eigenvalue weighted by atomic mass is 9.88. The maximum absolute atomic E-state index is 8.49. The fraction of sp³-hybridized carbons (Fsp3) is 0.429. The van der Waals surface area contributed by atoms with Crippen LogP contribution in [0.25, 0.3) is 0 Å². The van der Waals surface area contributed by atoms with Crippen molar-refractivity contribution in [3.63, 3.8) is 0 Å². The molecule has 1 aliphatic rings.